The standard InChI is InChI=1S/C38H37BrFN3O7/c1-42(2)17-24-29(39)33(48-18-20-11-7-5-8-12-20)27-23(30(24)40)15-22-16-25-31(43(3)4)34-28(36(46)38(25,47)35(45)26(22)32(27)44)37(41-50-34)49-19-21-13-9-6-10-14-21/h5-14,22,25,31,45,47H,15-19H2,1-4H3/t22-,25-,31-,38-/m0/s1. The van der Waals surface area contributed by atoms with Crippen molar-refractivity contribution in [1.82, 2.24) is 15.0 Å². The Morgan fingerprint density at radius 1 is 0.980 bits per heavy atom. The molecular weight excluding hydrogens is 709 g/mol. The molecule has 3 aromatic carbocycles. The monoisotopic (exact) mass is 745 g/mol. The van der Waals surface area contributed by atoms with Crippen LogP contribution in [0.15, 0.2) is 81.0 Å². The van der Waals surface area contributed by atoms with Crippen LogP contribution in [0.2, 0.25) is 0 Å². The molecule has 4 atom stereocenters. The number of halogens is 2. The number of aliphatic hydroxyl groups is 2. The number of hydrogen-bond acceptors (Lipinski definition) is 10. The van der Waals surface area contributed by atoms with Crippen molar-refractivity contribution in [1.29, 1.82) is 0 Å². The third-order valence-electron chi connectivity index (χ3n) is 9.93. The van der Waals surface area contributed by atoms with Crippen molar-refractivity contribution in [2.24, 2.45) is 11.8 Å². The molecule has 0 amide bonds. The molecular formula is C38H37BrFN3O7. The lowest BCUT2D eigenvalue weighted by molar-refractivity contribution is -0.0560. The molecule has 0 radical (unpaired) electrons. The lowest BCUT2D eigenvalue weighted by Crippen LogP contribution is -2.59. The lowest BCUT2D eigenvalue weighted by atomic mass is 9.58. The third kappa shape index (κ3) is 5.45. The summed E-state index contributed by atoms with van der Waals surface area (Å²) in [6, 6.07) is 17.9. The van der Waals surface area contributed by atoms with Crippen LogP contribution >= 0.6 is 15.9 Å². The molecule has 0 aliphatic heterocycles. The number of aliphatic hydroxyl groups excluding tert-OH is 1. The predicted molar refractivity (Wildman–Crippen MR) is 185 cm³/mol. The molecule has 7 rings (SSSR count). The van der Waals surface area contributed by atoms with Gasteiger partial charge in [0.05, 0.1) is 16.1 Å². The van der Waals surface area contributed by atoms with Gasteiger partial charge < -0.3 is 29.1 Å². The Morgan fingerprint density at radius 2 is 1.60 bits per heavy atom. The van der Waals surface area contributed by atoms with E-state index in [1.807, 2.05) is 79.7 Å². The topological polar surface area (TPSA) is 126 Å². The van der Waals surface area contributed by atoms with E-state index in [4.69, 9.17) is 14.0 Å². The number of ether oxygens (including phenoxy) is 2. The molecule has 0 saturated carbocycles. The summed E-state index contributed by atoms with van der Waals surface area (Å²) in [5.41, 5.74) is -0.621. The van der Waals surface area contributed by atoms with E-state index in [-0.39, 0.29) is 76.7 Å². The van der Waals surface area contributed by atoms with Gasteiger partial charge in [0.25, 0.3) is 5.88 Å². The van der Waals surface area contributed by atoms with Gasteiger partial charge in [-0.05, 0) is 79.2 Å². The number of nitrogens with zero attached hydrogens (tertiary/aromatic N) is 3. The minimum atomic E-state index is -2.51. The van der Waals surface area contributed by atoms with Crippen LogP contribution in [0.4, 0.5) is 4.39 Å². The van der Waals surface area contributed by atoms with Crippen molar-refractivity contribution in [3.8, 4) is 11.6 Å². The second kappa shape index (κ2) is 13.1. The van der Waals surface area contributed by atoms with E-state index >= 15 is 4.39 Å². The molecule has 0 saturated heterocycles. The summed E-state index contributed by atoms with van der Waals surface area (Å²) in [5, 5.41) is 28.5. The van der Waals surface area contributed by atoms with E-state index in [2.05, 4.69) is 21.1 Å². The van der Waals surface area contributed by atoms with E-state index < -0.39 is 46.6 Å². The van der Waals surface area contributed by atoms with Crippen LogP contribution in [0.5, 0.6) is 11.6 Å². The molecule has 260 valence electrons. The smallest absolute Gasteiger partial charge is 0.265 e. The van der Waals surface area contributed by atoms with E-state index in [0.29, 0.717) is 5.56 Å². The summed E-state index contributed by atoms with van der Waals surface area (Å²) in [6.07, 6.45) is 0.117. The molecule has 0 spiro atoms. The minimum Gasteiger partial charge on any atom is -0.508 e. The van der Waals surface area contributed by atoms with Crippen LogP contribution in [0.25, 0.3) is 0 Å². The third-order valence-corrected chi connectivity index (χ3v) is 10.8. The Balaban J connectivity index is 1.34. The first kappa shape index (κ1) is 34.1. The second-order valence-electron chi connectivity index (χ2n) is 13.6. The maximum Gasteiger partial charge on any atom is 0.265 e. The van der Waals surface area contributed by atoms with Crippen molar-refractivity contribution in [2.45, 2.75) is 44.2 Å². The first-order chi connectivity index (χ1) is 23.9. The fourth-order valence-electron chi connectivity index (χ4n) is 7.68. The second-order valence-corrected chi connectivity index (χ2v) is 14.4. The summed E-state index contributed by atoms with van der Waals surface area (Å²) in [6.45, 7) is 0.405. The van der Waals surface area contributed by atoms with Gasteiger partial charge in [0, 0.05) is 29.2 Å². The van der Waals surface area contributed by atoms with Crippen LogP contribution in [0.3, 0.4) is 0 Å². The normalized spacial score (nSPS) is 22.7. The first-order valence-electron chi connectivity index (χ1n) is 16.4. The van der Waals surface area contributed by atoms with Crippen molar-refractivity contribution >= 4 is 27.5 Å². The molecule has 10 nitrogen and oxygen atoms in total. The molecule has 0 unspecified atom stereocenters. The van der Waals surface area contributed by atoms with Gasteiger partial charge in [-0.25, -0.2) is 4.39 Å². The summed E-state index contributed by atoms with van der Waals surface area (Å²) >= 11 is 3.53. The van der Waals surface area contributed by atoms with Crippen molar-refractivity contribution < 1.29 is 38.2 Å². The number of hydrogen-bond donors (Lipinski definition) is 2. The van der Waals surface area contributed by atoms with Crippen LogP contribution in [-0.2, 0) is 26.2 Å². The Labute approximate surface area is 297 Å². The zero-order valence-corrected chi connectivity index (χ0v) is 29.7. The van der Waals surface area contributed by atoms with E-state index in [9.17, 15) is 19.8 Å². The van der Waals surface area contributed by atoms with Crippen LogP contribution in [-0.4, -0.2) is 70.5 Å². The maximum absolute atomic E-state index is 16.5. The molecule has 0 fully saturated rings. The fourth-order valence-corrected chi connectivity index (χ4v) is 8.29. The number of carbonyl (C=O) groups excluding carboxylic acids is 2. The van der Waals surface area contributed by atoms with Crippen molar-refractivity contribution in [2.75, 3.05) is 28.2 Å². The van der Waals surface area contributed by atoms with E-state index in [0.717, 1.165) is 11.1 Å². The Bertz CT molecular complexity index is 2010. The quantitative estimate of drug-likeness (QED) is 0.204. The Hall–Kier alpha value is -4.36. The number of rotatable bonds is 9. The highest BCUT2D eigenvalue weighted by Crippen LogP contribution is 2.57. The lowest BCUT2D eigenvalue weighted by Gasteiger charge is -2.49. The number of carbonyl (C=O) groups is 2. The number of ketones is 2. The molecule has 3 aliphatic carbocycles. The van der Waals surface area contributed by atoms with Crippen molar-refractivity contribution in [3.63, 3.8) is 0 Å². The average molecular weight is 747 g/mol. The number of fused-ring (bicyclic) bond motifs is 4. The SMILES string of the molecule is CN(C)Cc1c(F)c2c(c(OCc3ccccc3)c1Br)C(=O)C1=C(O)[C@]3(O)C(=O)c4c(OCc5ccccc5)noc4[C@@H](N(C)C)[C@@H]3C[C@@H]1C2. The molecule has 1 aromatic heterocycles. The van der Waals surface area contributed by atoms with Gasteiger partial charge >= 0.3 is 0 Å². The van der Waals surface area contributed by atoms with Crippen molar-refractivity contribution in [3.05, 3.63) is 121 Å². The van der Waals surface area contributed by atoms with Gasteiger partial charge in [-0.3, -0.25) is 14.5 Å². The highest BCUT2D eigenvalue weighted by molar-refractivity contribution is 9.10. The molecule has 50 heavy (non-hydrogen) atoms. The molecule has 0 bridgehead atoms. The predicted octanol–water partition coefficient (Wildman–Crippen LogP) is 6.21. The fraction of sp³-hybridized carbons (Fsp3) is 0.342. The Kier molecular flexibility index (Phi) is 8.92. The molecule has 1 heterocycles. The van der Waals surface area contributed by atoms with Crippen LogP contribution in [0, 0.1) is 17.7 Å². The number of benzene rings is 3. The van der Waals surface area contributed by atoms with Gasteiger partial charge in [-0.15, -0.1) is 0 Å². The highest BCUT2D eigenvalue weighted by Gasteiger charge is 2.64. The van der Waals surface area contributed by atoms with Gasteiger partial charge in [-0.1, -0.05) is 60.7 Å². The zero-order valence-electron chi connectivity index (χ0n) is 28.1. The number of allylic oxidation sites excluding steroid dienone is 1. The maximum atomic E-state index is 16.5. The van der Waals surface area contributed by atoms with E-state index in [1.165, 1.54) is 0 Å². The minimum absolute atomic E-state index is 0.0390. The average Bonchev–Trinajstić information content (AvgIpc) is 3.51. The van der Waals surface area contributed by atoms with Gasteiger partial charge in [0.1, 0.15) is 36.1 Å². The molecule has 2 N–H and O–H groups in total. The zero-order chi connectivity index (χ0) is 35.5. The molecule has 4 aromatic rings. The molecule has 12 heteroatoms. The van der Waals surface area contributed by atoms with Gasteiger partial charge in [0.2, 0.25) is 5.78 Å². The Morgan fingerprint density at radius 3 is 2.20 bits per heavy atom. The molecule has 3 aliphatic rings. The summed E-state index contributed by atoms with van der Waals surface area (Å²) in [4.78, 5) is 32.6. The van der Waals surface area contributed by atoms with E-state index in [1.54, 1.807) is 19.0 Å². The summed E-state index contributed by atoms with van der Waals surface area (Å²) in [7, 11) is 7.16. The number of Topliss-reactive ketones (excluding diaryl/α,β-unsaturated/α-hetero) is 2. The highest BCUT2D eigenvalue weighted by atomic mass is 79.9. The summed E-state index contributed by atoms with van der Waals surface area (Å²) in [5.74, 6) is -4.33. The van der Waals surface area contributed by atoms with Gasteiger partial charge in [0.15, 0.2) is 17.1 Å². The first-order valence-corrected chi connectivity index (χ1v) is 17.1. The van der Waals surface area contributed by atoms with Crippen LogP contribution in [0.1, 0.15) is 61.2 Å². The largest absolute Gasteiger partial charge is 0.508 e. The summed E-state index contributed by atoms with van der Waals surface area (Å²) < 4.78 is 34.7. The van der Waals surface area contributed by atoms with Gasteiger partial charge in [-0.2, -0.15) is 0 Å². The van der Waals surface area contributed by atoms with Crippen LogP contribution < -0.4 is 9.47 Å². The number of aromatic nitrogens is 1.